The van der Waals surface area contributed by atoms with Crippen LogP contribution >= 0.6 is 31.9 Å². The topological polar surface area (TPSA) is 68.1 Å². The maximum atomic E-state index is 10.9. The first-order valence-electron chi connectivity index (χ1n) is 5.34. The summed E-state index contributed by atoms with van der Waals surface area (Å²) in [6.07, 6.45) is 2.76. The molecule has 0 spiro atoms. The summed E-state index contributed by atoms with van der Waals surface area (Å²) in [6.45, 7) is 0.497. The number of anilines is 1. The molecule has 0 aliphatic heterocycles. The lowest BCUT2D eigenvalue weighted by atomic mass is 10.2. The van der Waals surface area contributed by atoms with Gasteiger partial charge in [0.1, 0.15) is 11.9 Å². The lowest BCUT2D eigenvalue weighted by Gasteiger charge is -2.08. The number of hydrogen-bond donors (Lipinski definition) is 1. The van der Waals surface area contributed by atoms with Crippen molar-refractivity contribution in [3.8, 4) is 0 Å². The molecule has 0 saturated heterocycles. The first-order chi connectivity index (χ1) is 9.08. The Kier molecular flexibility index (Phi) is 4.49. The molecule has 5 nitrogen and oxygen atoms in total. The molecule has 98 valence electrons. The van der Waals surface area contributed by atoms with E-state index in [9.17, 15) is 10.1 Å². The van der Waals surface area contributed by atoms with E-state index in [2.05, 4.69) is 42.2 Å². The highest BCUT2D eigenvalue weighted by Crippen LogP contribution is 2.31. The summed E-state index contributed by atoms with van der Waals surface area (Å²) in [5, 5.41) is 14.0. The second-order valence-electron chi connectivity index (χ2n) is 3.75. The quantitative estimate of drug-likeness (QED) is 0.633. The van der Waals surface area contributed by atoms with Crippen molar-refractivity contribution in [1.29, 1.82) is 0 Å². The molecule has 0 unspecified atom stereocenters. The maximum absolute atomic E-state index is 10.9. The third-order valence-corrected chi connectivity index (χ3v) is 3.59. The van der Waals surface area contributed by atoms with Crippen LogP contribution in [0.1, 0.15) is 5.56 Å². The first-order valence-corrected chi connectivity index (χ1v) is 6.92. The van der Waals surface area contributed by atoms with Gasteiger partial charge in [-0.1, -0.05) is 28.1 Å². The van der Waals surface area contributed by atoms with Crippen LogP contribution in [-0.4, -0.2) is 9.91 Å². The molecule has 0 radical (unpaired) electrons. The van der Waals surface area contributed by atoms with Crippen LogP contribution in [-0.2, 0) is 6.54 Å². The molecule has 1 aromatic heterocycles. The second-order valence-corrected chi connectivity index (χ2v) is 5.52. The van der Waals surface area contributed by atoms with Crippen LogP contribution in [0, 0.1) is 10.1 Å². The minimum absolute atomic E-state index is 0.0495. The summed E-state index contributed by atoms with van der Waals surface area (Å²) >= 11 is 6.62. The van der Waals surface area contributed by atoms with Gasteiger partial charge < -0.3 is 5.32 Å². The van der Waals surface area contributed by atoms with Crippen molar-refractivity contribution < 1.29 is 4.92 Å². The molecule has 0 aliphatic rings. The van der Waals surface area contributed by atoms with Crippen molar-refractivity contribution in [3.05, 3.63) is 61.3 Å². The zero-order valence-electron chi connectivity index (χ0n) is 9.64. The fourth-order valence-electron chi connectivity index (χ4n) is 1.53. The fourth-order valence-corrected chi connectivity index (χ4v) is 2.26. The highest BCUT2D eigenvalue weighted by molar-refractivity contribution is 9.10. The van der Waals surface area contributed by atoms with Gasteiger partial charge in [-0.05, 0) is 33.6 Å². The minimum Gasteiger partial charge on any atom is -0.374 e. The Bertz CT molecular complexity index is 602. The van der Waals surface area contributed by atoms with Crippen LogP contribution in [0.3, 0.4) is 0 Å². The van der Waals surface area contributed by atoms with Crippen LogP contribution in [0.15, 0.2) is 45.6 Å². The lowest BCUT2D eigenvalue weighted by molar-refractivity contribution is -0.384. The summed E-state index contributed by atoms with van der Waals surface area (Å²) in [6, 6.07) is 7.73. The Hall–Kier alpha value is -1.47. The second kappa shape index (κ2) is 6.12. The van der Waals surface area contributed by atoms with Crippen molar-refractivity contribution in [3.63, 3.8) is 0 Å². The van der Waals surface area contributed by atoms with Gasteiger partial charge in [0, 0.05) is 17.2 Å². The molecule has 2 aromatic rings. The highest BCUT2D eigenvalue weighted by Gasteiger charge is 2.16. The number of hydrogen-bond acceptors (Lipinski definition) is 4. The van der Waals surface area contributed by atoms with E-state index in [4.69, 9.17) is 0 Å². The van der Waals surface area contributed by atoms with E-state index < -0.39 is 4.92 Å². The van der Waals surface area contributed by atoms with E-state index >= 15 is 0 Å². The molecule has 0 aliphatic carbocycles. The van der Waals surface area contributed by atoms with Gasteiger partial charge in [-0.3, -0.25) is 15.1 Å². The normalized spacial score (nSPS) is 10.2. The Morgan fingerprint density at radius 1 is 1.21 bits per heavy atom. The van der Waals surface area contributed by atoms with Gasteiger partial charge in [-0.15, -0.1) is 0 Å². The van der Waals surface area contributed by atoms with Gasteiger partial charge in [-0.2, -0.15) is 0 Å². The van der Waals surface area contributed by atoms with E-state index in [-0.39, 0.29) is 5.69 Å². The monoisotopic (exact) mass is 385 g/mol. The predicted octanol–water partition coefficient (Wildman–Crippen LogP) is 4.13. The van der Waals surface area contributed by atoms with E-state index in [1.807, 2.05) is 24.3 Å². The summed E-state index contributed by atoms with van der Waals surface area (Å²) in [7, 11) is 0. The summed E-state index contributed by atoms with van der Waals surface area (Å²) in [5.41, 5.74) is 1.41. The summed E-state index contributed by atoms with van der Waals surface area (Å²) in [4.78, 5) is 14.3. The molecular weight excluding hydrogens is 378 g/mol. The highest BCUT2D eigenvalue weighted by atomic mass is 79.9. The van der Waals surface area contributed by atoms with E-state index in [1.165, 1.54) is 12.4 Å². The molecular formula is C12H9Br2N3O2. The van der Waals surface area contributed by atoms with Gasteiger partial charge in [0.25, 0.3) is 0 Å². The molecule has 2 rings (SSSR count). The number of nitrogens with one attached hydrogen (secondary N) is 1. The standard InChI is InChI=1S/C12H9Br2N3O2/c13-9-3-1-8(2-4-9)5-16-12-10(14)6-15-7-11(12)17(18)19/h1-4,6-7H,5H2,(H,15,16). The third-order valence-electron chi connectivity index (χ3n) is 2.46. The molecule has 0 fully saturated rings. The van der Waals surface area contributed by atoms with Crippen molar-refractivity contribution in [1.82, 2.24) is 4.98 Å². The Labute approximate surface area is 126 Å². The molecule has 0 saturated carbocycles. The largest absolute Gasteiger partial charge is 0.374 e. The molecule has 7 heteroatoms. The minimum atomic E-state index is -0.457. The van der Waals surface area contributed by atoms with E-state index in [1.54, 1.807) is 0 Å². The summed E-state index contributed by atoms with van der Waals surface area (Å²) in [5.74, 6) is 0. The average Bonchev–Trinajstić information content (AvgIpc) is 2.39. The third kappa shape index (κ3) is 3.51. The van der Waals surface area contributed by atoms with Crippen LogP contribution in [0.25, 0.3) is 0 Å². The fraction of sp³-hybridized carbons (Fsp3) is 0.0833. The zero-order valence-corrected chi connectivity index (χ0v) is 12.8. The van der Waals surface area contributed by atoms with Gasteiger partial charge in [-0.25, -0.2) is 0 Å². The van der Waals surface area contributed by atoms with Gasteiger partial charge in [0.15, 0.2) is 0 Å². The van der Waals surface area contributed by atoms with E-state index in [0.29, 0.717) is 16.7 Å². The Morgan fingerprint density at radius 2 is 1.89 bits per heavy atom. The number of rotatable bonds is 4. The SMILES string of the molecule is O=[N+]([O-])c1cncc(Br)c1NCc1ccc(Br)cc1. The molecule has 0 atom stereocenters. The summed E-state index contributed by atoms with van der Waals surface area (Å²) < 4.78 is 1.56. The molecule has 1 heterocycles. The van der Waals surface area contributed by atoms with E-state index in [0.717, 1.165) is 10.0 Å². The van der Waals surface area contributed by atoms with Crippen LogP contribution in [0.5, 0.6) is 0 Å². The average molecular weight is 387 g/mol. The van der Waals surface area contributed by atoms with Crippen molar-refractivity contribution in [2.75, 3.05) is 5.32 Å². The molecule has 1 N–H and O–H groups in total. The lowest BCUT2D eigenvalue weighted by Crippen LogP contribution is -2.04. The van der Waals surface area contributed by atoms with Gasteiger partial charge in [0.2, 0.25) is 0 Å². The number of aromatic nitrogens is 1. The van der Waals surface area contributed by atoms with Crippen LogP contribution in [0.2, 0.25) is 0 Å². The maximum Gasteiger partial charge on any atom is 0.311 e. The molecule has 1 aromatic carbocycles. The van der Waals surface area contributed by atoms with Crippen molar-refractivity contribution in [2.45, 2.75) is 6.54 Å². The zero-order chi connectivity index (χ0) is 13.8. The van der Waals surface area contributed by atoms with Gasteiger partial charge in [0.05, 0.1) is 9.40 Å². The van der Waals surface area contributed by atoms with Crippen molar-refractivity contribution >= 4 is 43.2 Å². The van der Waals surface area contributed by atoms with Gasteiger partial charge >= 0.3 is 5.69 Å². The van der Waals surface area contributed by atoms with Crippen LogP contribution < -0.4 is 5.32 Å². The number of halogens is 2. The van der Waals surface area contributed by atoms with Crippen LogP contribution in [0.4, 0.5) is 11.4 Å². The molecule has 0 bridgehead atoms. The number of nitrogens with zero attached hydrogens (tertiary/aromatic N) is 2. The number of benzene rings is 1. The Morgan fingerprint density at radius 3 is 2.53 bits per heavy atom. The number of nitro groups is 1. The predicted molar refractivity (Wildman–Crippen MR) is 80.1 cm³/mol. The van der Waals surface area contributed by atoms with Crippen molar-refractivity contribution in [2.24, 2.45) is 0 Å². The molecule has 19 heavy (non-hydrogen) atoms. The smallest absolute Gasteiger partial charge is 0.311 e. The first kappa shape index (κ1) is 14.0. The molecule has 0 amide bonds. The number of pyridine rings is 1. The Balaban J connectivity index is 2.19.